The lowest BCUT2D eigenvalue weighted by Crippen LogP contribution is -2.40. The van der Waals surface area contributed by atoms with E-state index in [0.717, 1.165) is 9.87 Å². The van der Waals surface area contributed by atoms with Crippen LogP contribution in [0.3, 0.4) is 0 Å². The summed E-state index contributed by atoms with van der Waals surface area (Å²) in [6, 6.07) is 19.7. The van der Waals surface area contributed by atoms with E-state index in [0.29, 0.717) is 30.0 Å². The molecule has 0 saturated carbocycles. The summed E-state index contributed by atoms with van der Waals surface area (Å²) < 4.78 is 33.3. The topological polar surface area (TPSA) is 108 Å². The predicted molar refractivity (Wildman–Crippen MR) is 132 cm³/mol. The van der Waals surface area contributed by atoms with E-state index in [-0.39, 0.29) is 10.6 Å². The highest BCUT2D eigenvalue weighted by atomic mass is 32.2. The molecule has 3 rings (SSSR count). The Kier molecular flexibility index (Phi) is 8.26. The van der Waals surface area contributed by atoms with E-state index in [1.165, 1.54) is 24.4 Å². The number of aromatic hydroxyl groups is 1. The molecule has 0 saturated heterocycles. The molecule has 0 spiro atoms. The van der Waals surface area contributed by atoms with Crippen molar-refractivity contribution in [3.63, 3.8) is 0 Å². The number of hydrazone groups is 1. The lowest BCUT2D eigenvalue weighted by molar-refractivity contribution is -0.119. The summed E-state index contributed by atoms with van der Waals surface area (Å²) in [5.41, 5.74) is 4.20. The van der Waals surface area contributed by atoms with E-state index >= 15 is 0 Å². The molecule has 0 bridgehead atoms. The minimum Gasteiger partial charge on any atom is -0.504 e. The van der Waals surface area contributed by atoms with Crippen LogP contribution in [0, 0.1) is 0 Å². The molecule has 0 aliphatic carbocycles. The molecule has 1 amide bonds. The maximum Gasteiger partial charge on any atom is 0.264 e. The van der Waals surface area contributed by atoms with Crippen LogP contribution < -0.4 is 14.5 Å². The fourth-order valence-corrected chi connectivity index (χ4v) is 4.78. The van der Waals surface area contributed by atoms with Crippen molar-refractivity contribution in [2.45, 2.75) is 25.2 Å². The van der Waals surface area contributed by atoms with Crippen molar-refractivity contribution in [2.24, 2.45) is 5.10 Å². The van der Waals surface area contributed by atoms with Gasteiger partial charge in [0.25, 0.3) is 15.9 Å². The van der Waals surface area contributed by atoms with Crippen molar-refractivity contribution in [2.75, 3.05) is 17.5 Å². The summed E-state index contributed by atoms with van der Waals surface area (Å²) in [6.07, 6.45) is 1.98. The third-order valence-electron chi connectivity index (χ3n) is 4.95. The lowest BCUT2D eigenvalue weighted by Gasteiger charge is -2.25. The Balaban J connectivity index is 1.83. The predicted octanol–water partition coefficient (Wildman–Crippen LogP) is 3.70. The van der Waals surface area contributed by atoms with Gasteiger partial charge in [-0.2, -0.15) is 5.10 Å². The number of phenolic OH excluding ortho intramolecular Hbond substituents is 1. The first-order valence-electron chi connectivity index (χ1n) is 10.8. The zero-order valence-corrected chi connectivity index (χ0v) is 19.8. The Morgan fingerprint density at radius 1 is 1.06 bits per heavy atom. The van der Waals surface area contributed by atoms with Crippen LogP contribution in [0.5, 0.6) is 11.5 Å². The van der Waals surface area contributed by atoms with Crippen molar-refractivity contribution < 1.29 is 23.1 Å². The first-order valence-corrected chi connectivity index (χ1v) is 12.2. The molecule has 0 unspecified atom stereocenters. The standard InChI is InChI=1S/C25H27N3O5S/c1-3-20-10-8-9-13-22(20)28(34(31,32)21-11-6-5-7-12-21)18-25(30)27-26-17-19-14-15-23(29)24(16-19)33-4-2/h5-17,29H,3-4,18H2,1-2H3,(H,27,30)/b26-17-. The number of nitrogens with zero attached hydrogens (tertiary/aromatic N) is 2. The minimum absolute atomic E-state index is 0.000569. The Bertz CT molecular complexity index is 1260. The summed E-state index contributed by atoms with van der Waals surface area (Å²) in [5, 5.41) is 13.7. The molecule has 0 aromatic heterocycles. The molecule has 2 N–H and O–H groups in total. The summed E-state index contributed by atoms with van der Waals surface area (Å²) in [4.78, 5) is 12.8. The second-order valence-electron chi connectivity index (χ2n) is 7.26. The molecule has 3 aromatic rings. The first kappa shape index (κ1) is 24.8. The second kappa shape index (κ2) is 11.3. The number of benzene rings is 3. The fraction of sp³-hybridized carbons (Fsp3) is 0.200. The number of amides is 1. The average Bonchev–Trinajstić information content (AvgIpc) is 2.85. The van der Waals surface area contributed by atoms with E-state index in [9.17, 15) is 18.3 Å². The van der Waals surface area contributed by atoms with Crippen molar-refractivity contribution in [1.82, 2.24) is 5.43 Å². The molecular weight excluding hydrogens is 454 g/mol. The first-order chi connectivity index (χ1) is 16.4. The Hall–Kier alpha value is -3.85. The summed E-state index contributed by atoms with van der Waals surface area (Å²) in [6.45, 7) is 3.65. The number of hydrogen-bond donors (Lipinski definition) is 2. The van der Waals surface area contributed by atoms with Crippen molar-refractivity contribution in [3.8, 4) is 11.5 Å². The summed E-state index contributed by atoms with van der Waals surface area (Å²) in [5.74, 6) is -0.307. The molecular formula is C25H27N3O5S. The molecule has 0 fully saturated rings. The van der Waals surface area contributed by atoms with Crippen molar-refractivity contribution >= 4 is 27.8 Å². The normalized spacial score (nSPS) is 11.4. The van der Waals surface area contributed by atoms with Gasteiger partial charge in [-0.3, -0.25) is 9.10 Å². The van der Waals surface area contributed by atoms with Gasteiger partial charge in [0, 0.05) is 0 Å². The van der Waals surface area contributed by atoms with E-state index < -0.39 is 22.5 Å². The number of para-hydroxylation sites is 1. The van der Waals surface area contributed by atoms with Gasteiger partial charge in [-0.15, -0.1) is 0 Å². The number of aryl methyl sites for hydroxylation is 1. The number of anilines is 1. The maximum atomic E-state index is 13.4. The molecule has 34 heavy (non-hydrogen) atoms. The van der Waals surface area contributed by atoms with Crippen LogP contribution >= 0.6 is 0 Å². The van der Waals surface area contributed by atoms with Gasteiger partial charge in [0.2, 0.25) is 0 Å². The Morgan fingerprint density at radius 3 is 2.47 bits per heavy atom. The molecule has 178 valence electrons. The van der Waals surface area contributed by atoms with Crippen molar-refractivity contribution in [1.29, 1.82) is 0 Å². The quantitative estimate of drug-likeness (QED) is 0.339. The van der Waals surface area contributed by atoms with Crippen LogP contribution in [-0.4, -0.2) is 38.8 Å². The molecule has 3 aromatic carbocycles. The highest BCUT2D eigenvalue weighted by Crippen LogP contribution is 2.28. The molecule has 9 heteroatoms. The van der Waals surface area contributed by atoms with Gasteiger partial charge < -0.3 is 9.84 Å². The monoisotopic (exact) mass is 481 g/mol. The highest BCUT2D eigenvalue weighted by Gasteiger charge is 2.28. The number of carbonyl (C=O) groups excluding carboxylic acids is 1. The van der Waals surface area contributed by atoms with Gasteiger partial charge in [0.15, 0.2) is 11.5 Å². The van der Waals surface area contributed by atoms with E-state index in [1.807, 2.05) is 19.1 Å². The van der Waals surface area contributed by atoms with Crippen LogP contribution in [0.25, 0.3) is 0 Å². The van der Waals surface area contributed by atoms with Crippen LogP contribution in [-0.2, 0) is 21.2 Å². The van der Waals surface area contributed by atoms with E-state index in [2.05, 4.69) is 10.5 Å². The largest absolute Gasteiger partial charge is 0.504 e. The molecule has 0 aliphatic heterocycles. The second-order valence-corrected chi connectivity index (χ2v) is 9.12. The third-order valence-corrected chi connectivity index (χ3v) is 6.72. The zero-order valence-electron chi connectivity index (χ0n) is 19.0. The number of hydrogen-bond acceptors (Lipinski definition) is 6. The molecule has 0 radical (unpaired) electrons. The average molecular weight is 482 g/mol. The van der Waals surface area contributed by atoms with Gasteiger partial charge in [-0.05, 0) is 60.9 Å². The summed E-state index contributed by atoms with van der Waals surface area (Å²) >= 11 is 0. The van der Waals surface area contributed by atoms with E-state index in [4.69, 9.17) is 4.74 Å². The zero-order chi connectivity index (χ0) is 24.6. The number of nitrogens with one attached hydrogen (secondary N) is 1. The number of sulfonamides is 1. The lowest BCUT2D eigenvalue weighted by atomic mass is 10.1. The van der Waals surface area contributed by atoms with Crippen LogP contribution in [0.2, 0.25) is 0 Å². The van der Waals surface area contributed by atoms with Crippen LogP contribution in [0.15, 0.2) is 82.8 Å². The van der Waals surface area contributed by atoms with Gasteiger partial charge in [-0.1, -0.05) is 43.3 Å². The number of carbonyl (C=O) groups is 1. The van der Waals surface area contributed by atoms with Gasteiger partial charge in [-0.25, -0.2) is 13.8 Å². The van der Waals surface area contributed by atoms with Crippen LogP contribution in [0.1, 0.15) is 25.0 Å². The number of rotatable bonds is 10. The SMILES string of the molecule is CCOc1cc(/C=N\NC(=O)CN(c2ccccc2CC)S(=O)(=O)c2ccccc2)ccc1O. The molecule has 0 aliphatic rings. The minimum atomic E-state index is -4.00. The fourth-order valence-electron chi connectivity index (χ4n) is 3.30. The van der Waals surface area contributed by atoms with E-state index in [1.54, 1.807) is 49.4 Å². The Labute approximate surface area is 199 Å². The van der Waals surface area contributed by atoms with Gasteiger partial charge >= 0.3 is 0 Å². The molecule has 0 atom stereocenters. The van der Waals surface area contributed by atoms with Crippen LogP contribution in [0.4, 0.5) is 5.69 Å². The van der Waals surface area contributed by atoms with Crippen molar-refractivity contribution in [3.05, 3.63) is 83.9 Å². The van der Waals surface area contributed by atoms with Gasteiger partial charge in [0.05, 0.1) is 23.4 Å². The molecule has 8 nitrogen and oxygen atoms in total. The molecule has 0 heterocycles. The Morgan fingerprint density at radius 2 is 1.76 bits per heavy atom. The smallest absolute Gasteiger partial charge is 0.264 e. The highest BCUT2D eigenvalue weighted by molar-refractivity contribution is 7.92. The number of ether oxygens (including phenoxy) is 1. The third kappa shape index (κ3) is 5.93. The van der Waals surface area contributed by atoms with Gasteiger partial charge in [0.1, 0.15) is 6.54 Å². The number of phenols is 1. The summed E-state index contributed by atoms with van der Waals surface area (Å²) in [7, 11) is -4.00. The maximum absolute atomic E-state index is 13.4.